The van der Waals surface area contributed by atoms with E-state index in [1.54, 1.807) is 0 Å². The smallest absolute Gasteiger partial charge is 0.221 e. The Morgan fingerprint density at radius 2 is 1.94 bits per heavy atom. The van der Waals surface area contributed by atoms with E-state index in [2.05, 4.69) is 16.9 Å². The molecule has 0 saturated heterocycles. The molecule has 1 aromatic rings. The van der Waals surface area contributed by atoms with Crippen LogP contribution >= 0.6 is 11.6 Å². The second kappa shape index (κ2) is 7.54. The Morgan fingerprint density at radius 1 is 1.22 bits per heavy atom. The molecule has 0 fully saturated rings. The Labute approximate surface area is 114 Å². The van der Waals surface area contributed by atoms with Gasteiger partial charge in [0.1, 0.15) is 17.6 Å². The third-order valence-corrected chi connectivity index (χ3v) is 2.70. The Bertz CT molecular complexity index is 383. The third kappa shape index (κ3) is 4.78. The minimum absolute atomic E-state index is 0.208. The molecule has 5 heteroatoms. The maximum atomic E-state index is 6.06. The van der Waals surface area contributed by atoms with Crippen molar-refractivity contribution >= 4 is 11.6 Å². The van der Waals surface area contributed by atoms with Crippen LogP contribution in [0.5, 0.6) is 5.88 Å². The average molecular weight is 273 g/mol. The SMILES string of the molecule is CCCc1nc(Cl)c(C)c(OCCOC(C)C)n1. The summed E-state index contributed by atoms with van der Waals surface area (Å²) in [6, 6.07) is 0. The van der Waals surface area contributed by atoms with Crippen molar-refractivity contribution in [1.29, 1.82) is 0 Å². The first-order valence-electron chi connectivity index (χ1n) is 6.32. The lowest BCUT2D eigenvalue weighted by molar-refractivity contribution is 0.0540. The highest BCUT2D eigenvalue weighted by Crippen LogP contribution is 2.22. The summed E-state index contributed by atoms with van der Waals surface area (Å²) in [7, 11) is 0. The fourth-order valence-corrected chi connectivity index (χ4v) is 1.59. The van der Waals surface area contributed by atoms with Gasteiger partial charge >= 0.3 is 0 Å². The molecule has 1 aromatic heterocycles. The number of hydrogen-bond acceptors (Lipinski definition) is 4. The monoisotopic (exact) mass is 272 g/mol. The molecule has 0 radical (unpaired) electrons. The summed E-state index contributed by atoms with van der Waals surface area (Å²) in [5, 5.41) is 0.466. The molecule has 4 nitrogen and oxygen atoms in total. The summed E-state index contributed by atoms with van der Waals surface area (Å²) in [6.07, 6.45) is 1.99. The molecular weight excluding hydrogens is 252 g/mol. The molecule has 0 saturated carbocycles. The normalized spacial score (nSPS) is 11.0. The highest BCUT2D eigenvalue weighted by atomic mass is 35.5. The van der Waals surface area contributed by atoms with Crippen LogP contribution in [0, 0.1) is 6.92 Å². The topological polar surface area (TPSA) is 44.2 Å². The van der Waals surface area contributed by atoms with Gasteiger partial charge in [-0.2, -0.15) is 4.98 Å². The van der Waals surface area contributed by atoms with Crippen molar-refractivity contribution < 1.29 is 9.47 Å². The summed E-state index contributed by atoms with van der Waals surface area (Å²) in [6.45, 7) is 8.93. The van der Waals surface area contributed by atoms with Gasteiger partial charge < -0.3 is 9.47 Å². The number of nitrogens with zero attached hydrogens (tertiary/aromatic N) is 2. The van der Waals surface area contributed by atoms with E-state index < -0.39 is 0 Å². The summed E-state index contributed by atoms with van der Waals surface area (Å²) >= 11 is 6.06. The van der Waals surface area contributed by atoms with Crippen LogP contribution in [0.2, 0.25) is 5.15 Å². The first-order valence-corrected chi connectivity index (χ1v) is 6.69. The number of halogens is 1. The van der Waals surface area contributed by atoms with Gasteiger partial charge in [0.25, 0.3) is 0 Å². The molecule has 0 aliphatic carbocycles. The average Bonchev–Trinajstić information content (AvgIpc) is 2.30. The minimum atomic E-state index is 0.208. The lowest BCUT2D eigenvalue weighted by atomic mass is 10.3. The van der Waals surface area contributed by atoms with Crippen molar-refractivity contribution in [2.24, 2.45) is 0 Å². The van der Waals surface area contributed by atoms with Crippen LogP contribution in [-0.4, -0.2) is 29.3 Å². The molecule has 1 rings (SSSR count). The number of hydrogen-bond donors (Lipinski definition) is 0. The Kier molecular flexibility index (Phi) is 6.36. The molecular formula is C13H21ClN2O2. The van der Waals surface area contributed by atoms with Crippen LogP contribution in [0.1, 0.15) is 38.6 Å². The van der Waals surface area contributed by atoms with E-state index in [0.29, 0.717) is 24.2 Å². The standard InChI is InChI=1S/C13H21ClN2O2/c1-5-6-11-15-12(14)10(4)13(16-11)18-8-7-17-9(2)3/h9H,5-8H2,1-4H3. The van der Waals surface area contributed by atoms with Crippen molar-refractivity contribution in [3.63, 3.8) is 0 Å². The lowest BCUT2D eigenvalue weighted by Gasteiger charge is -2.11. The first kappa shape index (κ1) is 15.2. The molecule has 0 bridgehead atoms. The van der Waals surface area contributed by atoms with Gasteiger partial charge in [-0.25, -0.2) is 4.98 Å². The first-order chi connectivity index (χ1) is 8.54. The zero-order valence-corrected chi connectivity index (χ0v) is 12.3. The van der Waals surface area contributed by atoms with E-state index in [-0.39, 0.29) is 6.10 Å². The van der Waals surface area contributed by atoms with E-state index in [1.807, 2.05) is 20.8 Å². The number of rotatable bonds is 7. The molecule has 0 spiro atoms. The maximum Gasteiger partial charge on any atom is 0.221 e. The second-order valence-electron chi connectivity index (χ2n) is 4.38. The van der Waals surface area contributed by atoms with E-state index in [1.165, 1.54) is 0 Å². The predicted octanol–water partition coefficient (Wildman–Crippen LogP) is 3.19. The largest absolute Gasteiger partial charge is 0.475 e. The van der Waals surface area contributed by atoms with Crippen molar-refractivity contribution in [3.8, 4) is 5.88 Å². The van der Waals surface area contributed by atoms with Crippen molar-refractivity contribution in [2.75, 3.05) is 13.2 Å². The molecule has 0 aliphatic rings. The highest BCUT2D eigenvalue weighted by molar-refractivity contribution is 6.30. The second-order valence-corrected chi connectivity index (χ2v) is 4.74. The molecule has 0 aromatic carbocycles. The fraction of sp³-hybridized carbons (Fsp3) is 0.692. The number of aryl methyl sites for hydroxylation is 1. The Balaban J connectivity index is 2.63. The molecule has 0 aliphatic heterocycles. The van der Waals surface area contributed by atoms with Gasteiger partial charge in [0, 0.05) is 12.0 Å². The number of ether oxygens (including phenoxy) is 2. The van der Waals surface area contributed by atoms with Crippen molar-refractivity contribution in [3.05, 3.63) is 16.5 Å². The third-order valence-electron chi connectivity index (χ3n) is 2.33. The molecule has 1 heterocycles. The molecule has 0 atom stereocenters. The predicted molar refractivity (Wildman–Crippen MR) is 72.4 cm³/mol. The quantitative estimate of drug-likeness (QED) is 0.565. The summed E-state index contributed by atoms with van der Waals surface area (Å²) in [4.78, 5) is 8.59. The van der Waals surface area contributed by atoms with Crippen LogP contribution in [0.25, 0.3) is 0 Å². The molecule has 0 N–H and O–H groups in total. The van der Waals surface area contributed by atoms with E-state index in [0.717, 1.165) is 24.2 Å². The van der Waals surface area contributed by atoms with Crippen LogP contribution in [0.4, 0.5) is 0 Å². The van der Waals surface area contributed by atoms with E-state index >= 15 is 0 Å². The Hall–Kier alpha value is -0.870. The van der Waals surface area contributed by atoms with Gasteiger partial charge in [-0.15, -0.1) is 0 Å². The maximum absolute atomic E-state index is 6.06. The van der Waals surface area contributed by atoms with Gasteiger partial charge in [-0.05, 0) is 27.2 Å². The number of aromatic nitrogens is 2. The van der Waals surface area contributed by atoms with E-state index in [4.69, 9.17) is 21.1 Å². The fourth-order valence-electron chi connectivity index (χ4n) is 1.41. The zero-order chi connectivity index (χ0) is 13.5. The van der Waals surface area contributed by atoms with Crippen LogP contribution in [0.15, 0.2) is 0 Å². The lowest BCUT2D eigenvalue weighted by Crippen LogP contribution is -2.13. The summed E-state index contributed by atoms with van der Waals surface area (Å²) in [5.74, 6) is 1.29. The molecule has 0 amide bonds. The van der Waals surface area contributed by atoms with E-state index in [9.17, 15) is 0 Å². The highest BCUT2D eigenvalue weighted by Gasteiger charge is 2.10. The van der Waals surface area contributed by atoms with Crippen LogP contribution in [-0.2, 0) is 11.2 Å². The molecule has 18 heavy (non-hydrogen) atoms. The van der Waals surface area contributed by atoms with Gasteiger partial charge in [-0.1, -0.05) is 18.5 Å². The van der Waals surface area contributed by atoms with Crippen LogP contribution < -0.4 is 4.74 Å². The van der Waals surface area contributed by atoms with Gasteiger partial charge in [-0.3, -0.25) is 0 Å². The summed E-state index contributed by atoms with van der Waals surface area (Å²) < 4.78 is 11.0. The van der Waals surface area contributed by atoms with Crippen molar-refractivity contribution in [1.82, 2.24) is 9.97 Å². The minimum Gasteiger partial charge on any atom is -0.475 e. The van der Waals surface area contributed by atoms with Gasteiger partial charge in [0.2, 0.25) is 5.88 Å². The van der Waals surface area contributed by atoms with Crippen LogP contribution in [0.3, 0.4) is 0 Å². The zero-order valence-electron chi connectivity index (χ0n) is 11.5. The molecule has 0 unspecified atom stereocenters. The van der Waals surface area contributed by atoms with Crippen molar-refractivity contribution in [2.45, 2.75) is 46.6 Å². The molecule has 102 valence electrons. The van der Waals surface area contributed by atoms with Gasteiger partial charge in [0.05, 0.1) is 12.7 Å². The Morgan fingerprint density at radius 3 is 2.56 bits per heavy atom. The van der Waals surface area contributed by atoms with Gasteiger partial charge in [0.15, 0.2) is 0 Å². The summed E-state index contributed by atoms with van der Waals surface area (Å²) in [5.41, 5.74) is 0.779.